The molecule has 29 heavy (non-hydrogen) atoms. The zero-order chi connectivity index (χ0) is 20.4. The van der Waals surface area contributed by atoms with Gasteiger partial charge in [-0.25, -0.2) is 4.68 Å². The van der Waals surface area contributed by atoms with Crippen LogP contribution in [0.2, 0.25) is 0 Å². The maximum atomic E-state index is 9.87. The smallest absolute Gasteiger partial charge is 0.0975 e. The van der Waals surface area contributed by atoms with E-state index in [4.69, 9.17) is 5.10 Å². The van der Waals surface area contributed by atoms with Crippen molar-refractivity contribution in [2.75, 3.05) is 0 Å². The van der Waals surface area contributed by atoms with Crippen LogP contribution in [0.15, 0.2) is 89.4 Å². The van der Waals surface area contributed by atoms with Gasteiger partial charge >= 0.3 is 0 Å². The standard InChI is InChI=1S/C24H19N5/c1-16-20(13-25)23(21(14-26)17(2)27-16)22-15-29(19-11-7-4-8-12-19)28-24(22)18-9-5-3-6-10-18/h3-12,15,23,27H,1-2H3. The topological polar surface area (TPSA) is 77.4 Å². The summed E-state index contributed by atoms with van der Waals surface area (Å²) in [7, 11) is 0. The molecule has 5 nitrogen and oxygen atoms in total. The molecule has 1 aliphatic rings. The Morgan fingerprint density at radius 1 is 0.862 bits per heavy atom. The van der Waals surface area contributed by atoms with E-state index in [1.54, 1.807) is 0 Å². The van der Waals surface area contributed by atoms with Crippen molar-refractivity contribution in [1.82, 2.24) is 15.1 Å². The van der Waals surface area contributed by atoms with E-state index in [0.717, 1.165) is 33.9 Å². The summed E-state index contributed by atoms with van der Waals surface area (Å²) in [6, 6.07) is 24.3. The summed E-state index contributed by atoms with van der Waals surface area (Å²) < 4.78 is 1.81. The molecule has 2 aromatic carbocycles. The largest absolute Gasteiger partial charge is 0.361 e. The number of allylic oxidation sites excluding steroid dienone is 4. The Labute approximate surface area is 169 Å². The highest BCUT2D eigenvalue weighted by Gasteiger charge is 2.33. The van der Waals surface area contributed by atoms with Gasteiger partial charge in [-0.1, -0.05) is 48.5 Å². The summed E-state index contributed by atoms with van der Waals surface area (Å²) in [5.74, 6) is -0.459. The second kappa shape index (κ2) is 7.50. The molecule has 2 heterocycles. The van der Waals surface area contributed by atoms with Gasteiger partial charge in [-0.2, -0.15) is 15.6 Å². The molecule has 0 fully saturated rings. The highest BCUT2D eigenvalue weighted by molar-refractivity contribution is 5.69. The molecule has 0 bridgehead atoms. The molecule has 4 rings (SSSR count). The van der Waals surface area contributed by atoms with Crippen LogP contribution in [-0.4, -0.2) is 9.78 Å². The minimum Gasteiger partial charge on any atom is -0.361 e. The monoisotopic (exact) mass is 377 g/mol. The Hall–Kier alpha value is -4.09. The van der Waals surface area contributed by atoms with Crippen molar-refractivity contribution < 1.29 is 0 Å². The SMILES string of the molecule is CC1=C(C#N)C(c2cn(-c3ccccc3)nc2-c2ccccc2)C(C#N)=C(C)N1. The molecule has 0 saturated heterocycles. The fourth-order valence-electron chi connectivity index (χ4n) is 3.73. The number of dihydropyridines is 1. The third-order valence-corrected chi connectivity index (χ3v) is 5.12. The van der Waals surface area contributed by atoms with E-state index in [-0.39, 0.29) is 0 Å². The quantitative estimate of drug-likeness (QED) is 0.710. The molecule has 1 aliphatic heterocycles. The van der Waals surface area contributed by atoms with E-state index in [9.17, 15) is 10.5 Å². The average Bonchev–Trinajstić information content (AvgIpc) is 3.19. The van der Waals surface area contributed by atoms with Gasteiger partial charge < -0.3 is 5.32 Å². The molecule has 140 valence electrons. The number of benzene rings is 2. The normalized spacial score (nSPS) is 14.3. The zero-order valence-electron chi connectivity index (χ0n) is 16.2. The van der Waals surface area contributed by atoms with E-state index in [1.807, 2.05) is 85.4 Å². The van der Waals surface area contributed by atoms with Crippen molar-refractivity contribution in [2.24, 2.45) is 0 Å². The number of rotatable bonds is 3. The van der Waals surface area contributed by atoms with Crippen molar-refractivity contribution in [2.45, 2.75) is 19.8 Å². The number of nitrogens with one attached hydrogen (secondary N) is 1. The molecule has 0 saturated carbocycles. The summed E-state index contributed by atoms with van der Waals surface area (Å²) in [6.07, 6.45) is 1.93. The van der Waals surface area contributed by atoms with Gasteiger partial charge in [0.05, 0.1) is 40.6 Å². The van der Waals surface area contributed by atoms with Crippen molar-refractivity contribution >= 4 is 0 Å². The fraction of sp³-hybridized carbons (Fsp3) is 0.125. The van der Waals surface area contributed by atoms with Crippen LogP contribution in [0.3, 0.4) is 0 Å². The summed E-state index contributed by atoms with van der Waals surface area (Å²) in [5.41, 5.74) is 6.08. The van der Waals surface area contributed by atoms with Crippen LogP contribution >= 0.6 is 0 Å². The van der Waals surface area contributed by atoms with Crippen molar-refractivity contribution in [3.05, 3.63) is 95.0 Å². The van der Waals surface area contributed by atoms with Gasteiger partial charge in [0.2, 0.25) is 0 Å². The predicted molar refractivity (Wildman–Crippen MR) is 112 cm³/mol. The van der Waals surface area contributed by atoms with E-state index >= 15 is 0 Å². The second-order valence-corrected chi connectivity index (χ2v) is 6.94. The number of nitriles is 2. The molecule has 1 aromatic heterocycles. The average molecular weight is 377 g/mol. The molecule has 0 radical (unpaired) electrons. The van der Waals surface area contributed by atoms with Gasteiger partial charge in [0.1, 0.15) is 0 Å². The first-order valence-corrected chi connectivity index (χ1v) is 9.33. The van der Waals surface area contributed by atoms with E-state index < -0.39 is 5.92 Å². The number of para-hydroxylation sites is 1. The lowest BCUT2D eigenvalue weighted by Crippen LogP contribution is -2.23. The van der Waals surface area contributed by atoms with Crippen LogP contribution in [0.5, 0.6) is 0 Å². The lowest BCUT2D eigenvalue weighted by atomic mass is 9.81. The molecule has 0 spiro atoms. The Bertz CT molecular complexity index is 1170. The Morgan fingerprint density at radius 3 is 1.97 bits per heavy atom. The summed E-state index contributed by atoms with van der Waals surface area (Å²) in [5, 5.41) is 27.8. The summed E-state index contributed by atoms with van der Waals surface area (Å²) >= 11 is 0. The van der Waals surface area contributed by atoms with E-state index in [1.165, 1.54) is 0 Å². The minimum absolute atomic E-state index is 0.459. The van der Waals surface area contributed by atoms with Gasteiger partial charge in [0.15, 0.2) is 0 Å². The minimum atomic E-state index is -0.459. The summed E-state index contributed by atoms with van der Waals surface area (Å²) in [6.45, 7) is 3.74. The van der Waals surface area contributed by atoms with Crippen LogP contribution < -0.4 is 5.32 Å². The zero-order valence-corrected chi connectivity index (χ0v) is 16.2. The Balaban J connectivity index is 1.99. The van der Waals surface area contributed by atoms with Crippen molar-refractivity contribution in [1.29, 1.82) is 10.5 Å². The lowest BCUT2D eigenvalue weighted by Gasteiger charge is -2.25. The lowest BCUT2D eigenvalue weighted by molar-refractivity contribution is 0.813. The third kappa shape index (κ3) is 3.20. The molecular weight excluding hydrogens is 358 g/mol. The number of hydrogen-bond donors (Lipinski definition) is 1. The Morgan fingerprint density at radius 2 is 1.41 bits per heavy atom. The molecule has 0 aliphatic carbocycles. The van der Waals surface area contributed by atoms with Crippen molar-refractivity contribution in [3.63, 3.8) is 0 Å². The van der Waals surface area contributed by atoms with Crippen LogP contribution in [0.1, 0.15) is 25.3 Å². The molecule has 0 atom stereocenters. The maximum absolute atomic E-state index is 9.87. The van der Waals surface area contributed by atoms with Crippen LogP contribution in [-0.2, 0) is 0 Å². The van der Waals surface area contributed by atoms with E-state index in [0.29, 0.717) is 11.1 Å². The predicted octanol–water partition coefficient (Wildman–Crippen LogP) is 4.82. The maximum Gasteiger partial charge on any atom is 0.0975 e. The molecule has 3 aromatic rings. The number of hydrogen-bond acceptors (Lipinski definition) is 4. The molecule has 1 N–H and O–H groups in total. The van der Waals surface area contributed by atoms with Crippen LogP contribution in [0.4, 0.5) is 0 Å². The first-order chi connectivity index (χ1) is 14.1. The fourth-order valence-corrected chi connectivity index (χ4v) is 3.73. The van der Waals surface area contributed by atoms with Gasteiger partial charge in [0.25, 0.3) is 0 Å². The van der Waals surface area contributed by atoms with Crippen LogP contribution in [0, 0.1) is 22.7 Å². The number of nitrogens with zero attached hydrogens (tertiary/aromatic N) is 4. The molecule has 0 unspecified atom stereocenters. The van der Waals surface area contributed by atoms with Crippen molar-refractivity contribution in [3.8, 4) is 29.1 Å². The molecule has 5 heteroatoms. The summed E-state index contributed by atoms with van der Waals surface area (Å²) in [4.78, 5) is 0. The van der Waals surface area contributed by atoms with Gasteiger partial charge in [0, 0.05) is 28.7 Å². The highest BCUT2D eigenvalue weighted by Crippen LogP contribution is 2.41. The van der Waals surface area contributed by atoms with E-state index in [2.05, 4.69) is 17.5 Å². The first-order valence-electron chi connectivity index (χ1n) is 9.33. The number of aromatic nitrogens is 2. The van der Waals surface area contributed by atoms with Gasteiger partial charge in [-0.05, 0) is 26.0 Å². The Kier molecular flexibility index (Phi) is 4.73. The first kappa shape index (κ1) is 18.3. The van der Waals surface area contributed by atoms with Gasteiger partial charge in [-0.3, -0.25) is 0 Å². The van der Waals surface area contributed by atoms with Gasteiger partial charge in [-0.15, -0.1) is 0 Å². The second-order valence-electron chi connectivity index (χ2n) is 6.94. The van der Waals surface area contributed by atoms with Crippen LogP contribution in [0.25, 0.3) is 16.9 Å². The molecular formula is C24H19N5. The molecule has 0 amide bonds. The highest BCUT2D eigenvalue weighted by atomic mass is 15.3. The third-order valence-electron chi connectivity index (χ3n) is 5.12.